The lowest BCUT2D eigenvalue weighted by Crippen LogP contribution is -2.15. The lowest BCUT2D eigenvalue weighted by molar-refractivity contribution is 0.660. The summed E-state index contributed by atoms with van der Waals surface area (Å²) in [5, 5.41) is 4.66. The van der Waals surface area contributed by atoms with E-state index in [1.165, 1.54) is 61.0 Å². The van der Waals surface area contributed by atoms with Gasteiger partial charge in [-0.1, -0.05) is 163 Å². The van der Waals surface area contributed by atoms with Gasteiger partial charge >= 0.3 is 0 Å². The molecule has 5 nitrogen and oxygen atoms in total. The smallest absolute Gasteiger partial charge is 0.238 e. The number of rotatable bonds is 4. The van der Waals surface area contributed by atoms with Gasteiger partial charge in [-0.25, -0.2) is 4.98 Å². The van der Waals surface area contributed by atoms with Crippen molar-refractivity contribution >= 4 is 66.4 Å². The Morgan fingerprint density at radius 3 is 2.27 bits per heavy atom. The predicted octanol–water partition coefficient (Wildman–Crippen LogP) is 16.5. The Morgan fingerprint density at radius 1 is 0.652 bits per heavy atom. The van der Waals surface area contributed by atoms with Gasteiger partial charge in [-0.2, -0.15) is 9.97 Å². The Bertz CT molecular complexity index is 3690. The highest BCUT2D eigenvalue weighted by molar-refractivity contribution is 7.19. The van der Waals surface area contributed by atoms with Gasteiger partial charge in [-0.3, -0.25) is 4.57 Å². The number of aromatic nitrogens is 4. The lowest BCUT2D eigenvalue weighted by Gasteiger charge is -2.21. The Balaban J connectivity index is 0.00000111. The number of furan rings is 1. The van der Waals surface area contributed by atoms with Gasteiger partial charge in [-0.15, -0.1) is 11.3 Å². The maximum absolute atomic E-state index is 6.97. The summed E-state index contributed by atoms with van der Waals surface area (Å²) in [6.45, 7) is 12.6. The molecule has 1 saturated carbocycles. The van der Waals surface area contributed by atoms with Crippen molar-refractivity contribution in [3.05, 3.63) is 178 Å². The molecule has 0 bridgehead atoms. The van der Waals surface area contributed by atoms with E-state index in [2.05, 4.69) is 158 Å². The van der Waals surface area contributed by atoms with Crippen LogP contribution in [0, 0.1) is 5.92 Å². The molecule has 6 heteroatoms. The second-order valence-electron chi connectivity index (χ2n) is 17.8. The minimum Gasteiger partial charge on any atom is -0.454 e. The summed E-state index contributed by atoms with van der Waals surface area (Å²) in [6, 6.07) is 43.7. The minimum atomic E-state index is -0.170. The van der Waals surface area contributed by atoms with Crippen molar-refractivity contribution in [3.8, 4) is 51.0 Å². The van der Waals surface area contributed by atoms with Gasteiger partial charge in [0.05, 0.1) is 5.69 Å². The van der Waals surface area contributed by atoms with Crippen molar-refractivity contribution in [1.29, 1.82) is 0 Å². The standard InChI is InChI=1S/C56H38N4OS.2C2H6/c1-56(2)44-18-11-9-15-35(44)36-24-22-34(29-45(36)56)54-57-53(31-13-5-3-6-14-31)58-55(59-54)60-46-19-8-4-7-17-39(46)49-40(30-43-37-16-10-12-20-47(37)61-51(43)50(49)60)32-23-26-48-42(28-32)38-25-21-33-27-41(33)52(38)62-48;2*1-2/h3-16,18-26,28-30,33,41H,17,27H2,1-2H3;2*1-2H3. The van der Waals surface area contributed by atoms with Crippen molar-refractivity contribution in [2.24, 2.45) is 5.92 Å². The second-order valence-corrected chi connectivity index (χ2v) is 18.9. The van der Waals surface area contributed by atoms with E-state index < -0.39 is 0 Å². The van der Waals surface area contributed by atoms with E-state index in [0.29, 0.717) is 29.4 Å². The molecule has 4 aliphatic carbocycles. The molecule has 2 atom stereocenters. The molecule has 2 unspecified atom stereocenters. The number of nitrogens with zero attached hydrogens (tertiary/aromatic N) is 4. The van der Waals surface area contributed by atoms with E-state index in [9.17, 15) is 0 Å². The van der Waals surface area contributed by atoms with Crippen LogP contribution in [0.5, 0.6) is 0 Å². The van der Waals surface area contributed by atoms with Crippen molar-refractivity contribution in [3.63, 3.8) is 0 Å². The van der Waals surface area contributed by atoms with Crippen LogP contribution in [0.1, 0.15) is 86.7 Å². The second kappa shape index (κ2) is 15.5. The van der Waals surface area contributed by atoms with Crippen molar-refractivity contribution < 1.29 is 4.42 Å². The van der Waals surface area contributed by atoms with Gasteiger partial charge in [0.1, 0.15) is 11.1 Å². The summed E-state index contributed by atoms with van der Waals surface area (Å²) < 4.78 is 10.6. The summed E-state index contributed by atoms with van der Waals surface area (Å²) >= 11 is 1.98. The van der Waals surface area contributed by atoms with Crippen LogP contribution in [0.25, 0.3) is 106 Å². The maximum atomic E-state index is 6.97. The largest absolute Gasteiger partial charge is 0.454 e. The molecule has 4 aliphatic rings. The quantitative estimate of drug-likeness (QED) is 0.177. The minimum absolute atomic E-state index is 0.170. The molecule has 1 fully saturated rings. The van der Waals surface area contributed by atoms with Crippen molar-refractivity contribution in [2.75, 3.05) is 0 Å². The van der Waals surface area contributed by atoms with Crippen molar-refractivity contribution in [1.82, 2.24) is 19.5 Å². The summed E-state index contributed by atoms with van der Waals surface area (Å²) in [7, 11) is 0. The molecular weight excluding hydrogens is 825 g/mol. The van der Waals surface area contributed by atoms with Crippen LogP contribution in [-0.4, -0.2) is 19.5 Å². The molecule has 0 amide bonds. The zero-order chi connectivity index (χ0) is 44.8. The third-order valence-electron chi connectivity index (χ3n) is 14.0. The Labute approximate surface area is 389 Å². The van der Waals surface area contributed by atoms with E-state index in [-0.39, 0.29) is 5.41 Å². The van der Waals surface area contributed by atoms with Crippen LogP contribution < -0.4 is 0 Å². The number of thiophene rings is 1. The zero-order valence-corrected chi connectivity index (χ0v) is 39.0. The highest BCUT2D eigenvalue weighted by Crippen LogP contribution is 2.57. The van der Waals surface area contributed by atoms with Gasteiger partial charge in [0.25, 0.3) is 0 Å². The zero-order valence-electron chi connectivity index (χ0n) is 38.2. The van der Waals surface area contributed by atoms with E-state index in [1.54, 1.807) is 4.88 Å². The molecule has 0 N–H and O–H groups in total. The summed E-state index contributed by atoms with van der Waals surface area (Å²) in [5.41, 5.74) is 15.6. The van der Waals surface area contributed by atoms with E-state index in [0.717, 1.165) is 56.1 Å². The van der Waals surface area contributed by atoms with Crippen LogP contribution in [-0.2, 0) is 11.8 Å². The fourth-order valence-corrected chi connectivity index (χ4v) is 12.2. The first-order valence-corrected chi connectivity index (χ1v) is 24.5. The van der Waals surface area contributed by atoms with E-state index in [1.807, 2.05) is 57.2 Å². The average Bonchev–Trinajstić information content (AvgIpc) is 3.82. The maximum Gasteiger partial charge on any atom is 0.238 e. The van der Waals surface area contributed by atoms with Gasteiger partial charge in [0.15, 0.2) is 17.2 Å². The molecule has 0 aliphatic heterocycles. The Kier molecular flexibility index (Phi) is 9.48. The first kappa shape index (κ1) is 40.4. The van der Waals surface area contributed by atoms with Crippen molar-refractivity contribution in [2.45, 2.75) is 65.7 Å². The topological polar surface area (TPSA) is 56.7 Å². The van der Waals surface area contributed by atoms with Crippen LogP contribution in [0.15, 0.2) is 150 Å². The third-order valence-corrected chi connectivity index (χ3v) is 15.3. The van der Waals surface area contributed by atoms with Gasteiger partial charge in [-0.05, 0) is 99.7 Å². The number of fused-ring (bicyclic) bond motifs is 15. The average molecular weight is 875 g/mol. The highest BCUT2D eigenvalue weighted by Gasteiger charge is 2.41. The van der Waals surface area contributed by atoms with Crippen LogP contribution >= 0.6 is 11.3 Å². The van der Waals surface area contributed by atoms with Gasteiger partial charge in [0, 0.05) is 53.6 Å². The van der Waals surface area contributed by atoms with Gasteiger partial charge in [0.2, 0.25) is 5.95 Å². The highest BCUT2D eigenvalue weighted by atomic mass is 32.1. The first-order valence-electron chi connectivity index (χ1n) is 23.6. The fraction of sp³-hybridized carbons (Fsp3) is 0.183. The van der Waals surface area contributed by atoms with Crippen LogP contribution in [0.3, 0.4) is 0 Å². The molecule has 4 heterocycles. The lowest BCUT2D eigenvalue weighted by atomic mass is 9.82. The molecule has 0 radical (unpaired) electrons. The predicted molar refractivity (Wildman–Crippen MR) is 278 cm³/mol. The molecule has 66 heavy (non-hydrogen) atoms. The van der Waals surface area contributed by atoms with Gasteiger partial charge < -0.3 is 4.42 Å². The first-order chi connectivity index (χ1) is 32.5. The molecule has 10 aromatic rings. The molecule has 14 rings (SSSR count). The fourth-order valence-electron chi connectivity index (χ4n) is 10.8. The van der Waals surface area contributed by atoms with E-state index >= 15 is 0 Å². The SMILES string of the molecule is CC.CC.CC1(C)c2ccccc2-c2ccc(-c3nc(-c4ccccc4)nc(-n4c5c(c6c(-c7ccc8sc9c(c8c7)C=CC7CC97)cc7c8ccccc8oc7c64)CC=CC=C5)n3)cc21. The number of hydrogen-bond acceptors (Lipinski definition) is 5. The summed E-state index contributed by atoms with van der Waals surface area (Å²) in [5.74, 6) is 3.21. The molecule has 322 valence electrons. The summed E-state index contributed by atoms with van der Waals surface area (Å²) in [6.07, 6.45) is 15.6. The molecule has 4 aromatic heterocycles. The van der Waals surface area contributed by atoms with Crippen LogP contribution in [0.2, 0.25) is 0 Å². The molecule has 6 aromatic carbocycles. The Morgan fingerprint density at radius 2 is 1.41 bits per heavy atom. The number of hydrogen-bond donors (Lipinski definition) is 0. The van der Waals surface area contributed by atoms with Crippen LogP contribution in [0.4, 0.5) is 0 Å². The summed E-state index contributed by atoms with van der Waals surface area (Å²) in [4.78, 5) is 17.7. The molecule has 0 saturated heterocycles. The normalized spacial score (nSPS) is 16.8. The molecular formula is C60H50N4OS. The Hall–Kier alpha value is -7.15. The monoisotopic (exact) mass is 874 g/mol. The number of allylic oxidation sites excluding steroid dienone is 4. The number of benzene rings is 6. The third kappa shape index (κ3) is 6.00. The number of para-hydroxylation sites is 1. The molecule has 0 spiro atoms. The van der Waals surface area contributed by atoms with E-state index in [4.69, 9.17) is 19.4 Å².